The lowest BCUT2D eigenvalue weighted by Gasteiger charge is -2.15. The van der Waals surface area contributed by atoms with Crippen LogP contribution in [0.5, 0.6) is 0 Å². The van der Waals surface area contributed by atoms with Crippen molar-refractivity contribution in [1.29, 1.82) is 0 Å². The lowest BCUT2D eigenvalue weighted by Crippen LogP contribution is -2.34. The normalized spacial score (nSPS) is 17.1. The fraction of sp³-hybridized carbons (Fsp3) is 0.211. The Labute approximate surface area is 169 Å². The zero-order valence-electron chi connectivity index (χ0n) is 15.8. The molecule has 4 rings (SSSR count). The van der Waals surface area contributed by atoms with Crippen LogP contribution in [0.25, 0.3) is 16.9 Å². The Morgan fingerprint density at radius 1 is 1.33 bits per heavy atom. The molecule has 10 nitrogen and oxygen atoms in total. The van der Waals surface area contributed by atoms with Gasteiger partial charge in [0.25, 0.3) is 0 Å². The number of pyridine rings is 1. The van der Waals surface area contributed by atoms with Crippen LogP contribution in [0.2, 0.25) is 0 Å². The molecule has 0 radical (unpaired) electrons. The summed E-state index contributed by atoms with van der Waals surface area (Å²) in [6.07, 6.45) is 1.36. The van der Waals surface area contributed by atoms with Crippen LogP contribution in [-0.4, -0.2) is 44.4 Å². The number of carbonyl (C=O) groups is 2. The summed E-state index contributed by atoms with van der Waals surface area (Å²) < 4.78 is 21.2. The molecule has 2 aromatic heterocycles. The Morgan fingerprint density at radius 3 is 2.73 bits per heavy atom. The number of aromatic amines is 1. The fourth-order valence-electron chi connectivity index (χ4n) is 3.14. The lowest BCUT2D eigenvalue weighted by molar-refractivity contribution is -0.123. The predicted molar refractivity (Wildman–Crippen MR) is 103 cm³/mol. The third-order valence-electron chi connectivity index (χ3n) is 4.96. The number of anilines is 1. The second kappa shape index (κ2) is 7.43. The van der Waals surface area contributed by atoms with Gasteiger partial charge in [0, 0.05) is 17.3 Å². The molecule has 1 aliphatic heterocycles. The van der Waals surface area contributed by atoms with Crippen molar-refractivity contribution >= 4 is 17.7 Å². The summed E-state index contributed by atoms with van der Waals surface area (Å²) in [5.74, 6) is -1.47. The molecule has 2 amide bonds. The van der Waals surface area contributed by atoms with E-state index in [1.165, 1.54) is 34.1 Å². The molecular weight excluding hydrogens is 395 g/mol. The van der Waals surface area contributed by atoms with E-state index in [1.54, 1.807) is 25.1 Å². The summed E-state index contributed by atoms with van der Waals surface area (Å²) in [4.78, 5) is 40.5. The summed E-state index contributed by atoms with van der Waals surface area (Å²) in [7, 11) is 0. The number of halogens is 1. The summed E-state index contributed by atoms with van der Waals surface area (Å²) in [6, 6.07) is 7.49. The highest BCUT2D eigenvalue weighted by atomic mass is 19.1. The standard InChI is InChI=1S/C19H17FN6O4/c1-10(17(21)27)15-8-25(19(29)30-15)12-3-4-13(14(20)6-12)11-2-5-16(22-7-11)26-9-23-24-18(26)28/h2-7,9-10,15H,8H2,1H3,(H2,21,27)(H,24,28)/t10-,15?/m0/s1. The van der Waals surface area contributed by atoms with Gasteiger partial charge in [-0.25, -0.2) is 28.6 Å². The average molecular weight is 412 g/mol. The fourth-order valence-corrected chi connectivity index (χ4v) is 3.14. The van der Waals surface area contributed by atoms with E-state index in [0.29, 0.717) is 17.1 Å². The smallest absolute Gasteiger partial charge is 0.414 e. The number of nitrogens with one attached hydrogen (secondary N) is 1. The minimum Gasteiger partial charge on any atom is -0.443 e. The van der Waals surface area contributed by atoms with Crippen molar-refractivity contribution < 1.29 is 18.7 Å². The molecule has 0 aliphatic carbocycles. The van der Waals surface area contributed by atoms with E-state index >= 15 is 0 Å². The summed E-state index contributed by atoms with van der Waals surface area (Å²) >= 11 is 0. The molecule has 0 spiro atoms. The van der Waals surface area contributed by atoms with Crippen LogP contribution in [0, 0.1) is 11.7 Å². The molecule has 11 heteroatoms. The van der Waals surface area contributed by atoms with E-state index in [1.807, 2.05) is 0 Å². The molecule has 154 valence electrons. The molecule has 1 fully saturated rings. The van der Waals surface area contributed by atoms with Gasteiger partial charge in [0.15, 0.2) is 0 Å². The third-order valence-corrected chi connectivity index (χ3v) is 4.96. The Morgan fingerprint density at radius 2 is 2.13 bits per heavy atom. The van der Waals surface area contributed by atoms with Crippen molar-refractivity contribution in [3.63, 3.8) is 0 Å². The summed E-state index contributed by atoms with van der Waals surface area (Å²) in [6.45, 7) is 1.67. The summed E-state index contributed by atoms with van der Waals surface area (Å²) in [5, 5.41) is 5.89. The number of hydrogen-bond acceptors (Lipinski definition) is 6. The first-order valence-corrected chi connectivity index (χ1v) is 9.01. The Bertz CT molecular complexity index is 1170. The van der Waals surface area contributed by atoms with Crippen LogP contribution in [0.4, 0.5) is 14.9 Å². The minimum atomic E-state index is -0.694. The summed E-state index contributed by atoms with van der Waals surface area (Å²) in [5.41, 5.74) is 5.89. The van der Waals surface area contributed by atoms with E-state index in [9.17, 15) is 18.8 Å². The van der Waals surface area contributed by atoms with Gasteiger partial charge in [-0.2, -0.15) is 5.10 Å². The van der Waals surface area contributed by atoms with Crippen molar-refractivity contribution in [3.8, 4) is 16.9 Å². The van der Waals surface area contributed by atoms with Crippen molar-refractivity contribution in [3.05, 3.63) is 59.2 Å². The highest BCUT2D eigenvalue weighted by Crippen LogP contribution is 2.30. The Hall–Kier alpha value is -4.02. The van der Waals surface area contributed by atoms with Gasteiger partial charge in [0.2, 0.25) is 5.91 Å². The highest BCUT2D eigenvalue weighted by Gasteiger charge is 2.37. The average Bonchev–Trinajstić information content (AvgIpc) is 3.33. The Kier molecular flexibility index (Phi) is 4.78. The van der Waals surface area contributed by atoms with Gasteiger partial charge in [-0.1, -0.05) is 0 Å². The quantitative estimate of drug-likeness (QED) is 0.646. The van der Waals surface area contributed by atoms with Crippen LogP contribution < -0.4 is 16.3 Å². The molecule has 0 bridgehead atoms. The first-order chi connectivity index (χ1) is 14.3. The number of cyclic esters (lactones) is 1. The molecular formula is C19H17FN6O4. The third kappa shape index (κ3) is 3.41. The molecule has 1 saturated heterocycles. The van der Waals surface area contributed by atoms with Gasteiger partial charge < -0.3 is 10.5 Å². The number of ether oxygens (including phenoxy) is 1. The number of nitrogens with two attached hydrogens (primary N) is 1. The number of rotatable bonds is 5. The lowest BCUT2D eigenvalue weighted by atomic mass is 10.0. The predicted octanol–water partition coefficient (Wildman–Crippen LogP) is 1.21. The minimum absolute atomic E-state index is 0.0947. The number of amides is 2. The first kappa shape index (κ1) is 19.3. The molecule has 30 heavy (non-hydrogen) atoms. The van der Waals surface area contributed by atoms with E-state index < -0.39 is 35.5 Å². The van der Waals surface area contributed by atoms with Crippen LogP contribution in [-0.2, 0) is 9.53 Å². The van der Waals surface area contributed by atoms with Crippen LogP contribution in [0.1, 0.15) is 6.92 Å². The molecule has 0 saturated carbocycles. The van der Waals surface area contributed by atoms with E-state index in [4.69, 9.17) is 10.5 Å². The zero-order chi connectivity index (χ0) is 21.4. The topological polar surface area (TPSA) is 136 Å². The largest absolute Gasteiger partial charge is 0.443 e. The second-order valence-corrected chi connectivity index (χ2v) is 6.82. The molecule has 2 atom stereocenters. The molecule has 1 aromatic carbocycles. The van der Waals surface area contributed by atoms with Gasteiger partial charge in [-0.15, -0.1) is 0 Å². The molecule has 1 aliphatic rings. The number of H-pyrrole nitrogens is 1. The maximum absolute atomic E-state index is 14.8. The van der Waals surface area contributed by atoms with E-state index in [-0.39, 0.29) is 12.1 Å². The van der Waals surface area contributed by atoms with Crippen molar-refractivity contribution in [2.24, 2.45) is 11.7 Å². The van der Waals surface area contributed by atoms with Gasteiger partial charge in [0.05, 0.1) is 18.2 Å². The van der Waals surface area contributed by atoms with Gasteiger partial charge in [0.1, 0.15) is 24.1 Å². The maximum Gasteiger partial charge on any atom is 0.414 e. The SMILES string of the molecule is C[C@H](C(N)=O)C1CN(c2ccc(-c3ccc(-n4cn[nH]c4=O)nc3)c(F)c2)C(=O)O1. The zero-order valence-corrected chi connectivity index (χ0v) is 15.8. The number of hydrogen-bond donors (Lipinski definition) is 2. The van der Waals surface area contributed by atoms with Crippen molar-refractivity contribution in [2.45, 2.75) is 13.0 Å². The van der Waals surface area contributed by atoms with Gasteiger partial charge in [-0.3, -0.25) is 9.69 Å². The molecule has 1 unspecified atom stereocenters. The molecule has 3 heterocycles. The number of primary amides is 1. The number of nitrogens with zero attached hydrogens (tertiary/aromatic N) is 4. The van der Waals surface area contributed by atoms with E-state index in [2.05, 4.69) is 15.2 Å². The van der Waals surface area contributed by atoms with Crippen molar-refractivity contribution in [1.82, 2.24) is 19.7 Å². The van der Waals surface area contributed by atoms with Crippen LogP contribution >= 0.6 is 0 Å². The number of carbonyl (C=O) groups excluding carboxylic acids is 2. The molecule has 3 N–H and O–H groups in total. The van der Waals surface area contributed by atoms with Crippen LogP contribution in [0.15, 0.2) is 47.7 Å². The highest BCUT2D eigenvalue weighted by molar-refractivity contribution is 5.91. The number of aromatic nitrogens is 4. The molecule has 3 aromatic rings. The van der Waals surface area contributed by atoms with Gasteiger partial charge in [-0.05, 0) is 37.3 Å². The first-order valence-electron chi connectivity index (χ1n) is 9.01. The van der Waals surface area contributed by atoms with Gasteiger partial charge >= 0.3 is 11.8 Å². The van der Waals surface area contributed by atoms with E-state index in [0.717, 1.165) is 0 Å². The monoisotopic (exact) mass is 412 g/mol. The van der Waals surface area contributed by atoms with Crippen LogP contribution in [0.3, 0.4) is 0 Å². The Balaban J connectivity index is 1.57. The number of benzene rings is 1. The van der Waals surface area contributed by atoms with Crippen molar-refractivity contribution in [2.75, 3.05) is 11.4 Å². The maximum atomic E-state index is 14.8. The second-order valence-electron chi connectivity index (χ2n) is 6.82.